The number of amides is 1. The van der Waals surface area contributed by atoms with Gasteiger partial charge in [-0.25, -0.2) is 0 Å². The smallest absolute Gasteiger partial charge is 0.255 e. The quantitative estimate of drug-likeness (QED) is 0.873. The molecule has 3 nitrogen and oxygen atoms in total. The van der Waals surface area contributed by atoms with E-state index < -0.39 is 5.60 Å². The van der Waals surface area contributed by atoms with E-state index in [1.54, 1.807) is 22.7 Å². The number of rotatable bonds is 3. The lowest BCUT2D eigenvalue weighted by Gasteiger charge is -2.49. The molecule has 1 saturated heterocycles. The maximum absolute atomic E-state index is 12.3. The molecule has 5 heteroatoms. The molecule has 0 bridgehead atoms. The predicted molar refractivity (Wildman–Crippen MR) is 78.9 cm³/mol. The summed E-state index contributed by atoms with van der Waals surface area (Å²) in [6.07, 6.45) is 1.96. The molecule has 0 aliphatic carbocycles. The van der Waals surface area contributed by atoms with Gasteiger partial charge in [-0.15, -0.1) is 11.8 Å². The average molecular weight is 300 g/mol. The van der Waals surface area contributed by atoms with E-state index in [0.29, 0.717) is 23.7 Å². The van der Waals surface area contributed by atoms with Crippen molar-refractivity contribution in [2.75, 3.05) is 19.3 Å². The zero-order valence-corrected chi connectivity index (χ0v) is 12.9. The van der Waals surface area contributed by atoms with Crippen molar-refractivity contribution >= 4 is 29.3 Å². The SMILES string of the molecule is CSc1ccc(Cl)c(C(=O)N2CC(O)(C(C)C)C2)c1. The third-order valence-electron chi connectivity index (χ3n) is 3.70. The predicted octanol–water partition coefficient (Wildman–Crippen LogP) is 2.90. The van der Waals surface area contributed by atoms with Crippen LogP contribution in [0.15, 0.2) is 23.1 Å². The fourth-order valence-corrected chi connectivity index (χ4v) is 2.73. The van der Waals surface area contributed by atoms with E-state index in [9.17, 15) is 9.90 Å². The summed E-state index contributed by atoms with van der Waals surface area (Å²) in [6, 6.07) is 5.45. The van der Waals surface area contributed by atoms with Gasteiger partial charge in [-0.1, -0.05) is 25.4 Å². The number of thioether (sulfide) groups is 1. The number of β-amino-alcohol motifs (C(OH)–C–C–N with tert-alkyl or cyclic N) is 1. The van der Waals surface area contributed by atoms with Crippen molar-refractivity contribution in [2.24, 2.45) is 5.92 Å². The van der Waals surface area contributed by atoms with Crippen LogP contribution in [-0.2, 0) is 0 Å². The van der Waals surface area contributed by atoms with Crippen molar-refractivity contribution < 1.29 is 9.90 Å². The van der Waals surface area contributed by atoms with Gasteiger partial charge in [0.15, 0.2) is 0 Å². The Morgan fingerprint density at radius 2 is 2.11 bits per heavy atom. The maximum Gasteiger partial charge on any atom is 0.255 e. The normalized spacial score (nSPS) is 17.5. The van der Waals surface area contributed by atoms with Crippen molar-refractivity contribution in [3.8, 4) is 0 Å². The molecule has 0 aromatic heterocycles. The molecule has 1 aliphatic heterocycles. The molecule has 1 aromatic rings. The molecular formula is C14H18ClNO2S. The Balaban J connectivity index is 2.14. The van der Waals surface area contributed by atoms with Crippen LogP contribution in [0.25, 0.3) is 0 Å². The minimum Gasteiger partial charge on any atom is -0.386 e. The van der Waals surface area contributed by atoms with Crippen LogP contribution in [0.5, 0.6) is 0 Å². The fraction of sp³-hybridized carbons (Fsp3) is 0.500. The Hall–Kier alpha value is -0.710. The third-order valence-corrected chi connectivity index (χ3v) is 4.75. The summed E-state index contributed by atoms with van der Waals surface area (Å²) in [6.45, 7) is 4.68. The first-order valence-electron chi connectivity index (χ1n) is 6.22. The van der Waals surface area contributed by atoms with Gasteiger partial charge in [0, 0.05) is 4.90 Å². The number of hydrogen-bond acceptors (Lipinski definition) is 3. The molecule has 104 valence electrons. The van der Waals surface area contributed by atoms with Gasteiger partial charge < -0.3 is 10.0 Å². The van der Waals surface area contributed by atoms with E-state index in [1.807, 2.05) is 32.2 Å². The summed E-state index contributed by atoms with van der Waals surface area (Å²) >= 11 is 7.66. The van der Waals surface area contributed by atoms with E-state index in [-0.39, 0.29) is 11.8 Å². The second-order valence-corrected chi connectivity index (χ2v) is 6.55. The molecule has 1 aromatic carbocycles. The third kappa shape index (κ3) is 2.76. The van der Waals surface area contributed by atoms with E-state index >= 15 is 0 Å². The Morgan fingerprint density at radius 1 is 1.47 bits per heavy atom. The number of nitrogens with zero attached hydrogens (tertiary/aromatic N) is 1. The van der Waals surface area contributed by atoms with Gasteiger partial charge in [0.05, 0.1) is 23.7 Å². The Morgan fingerprint density at radius 3 is 2.63 bits per heavy atom. The minimum absolute atomic E-state index is 0.105. The number of likely N-dealkylation sites (tertiary alicyclic amines) is 1. The lowest BCUT2D eigenvalue weighted by atomic mass is 9.82. The van der Waals surface area contributed by atoms with Crippen molar-refractivity contribution in [1.82, 2.24) is 4.90 Å². The topological polar surface area (TPSA) is 40.5 Å². The molecule has 19 heavy (non-hydrogen) atoms. The van der Waals surface area contributed by atoms with Gasteiger partial charge in [-0.3, -0.25) is 4.79 Å². The highest BCUT2D eigenvalue weighted by Crippen LogP contribution is 2.32. The molecule has 1 amide bonds. The van der Waals surface area contributed by atoms with Crippen LogP contribution >= 0.6 is 23.4 Å². The number of carbonyl (C=O) groups excluding carboxylic acids is 1. The summed E-state index contributed by atoms with van der Waals surface area (Å²) in [5, 5.41) is 10.7. The van der Waals surface area contributed by atoms with Crippen molar-refractivity contribution in [3.63, 3.8) is 0 Å². The summed E-state index contributed by atoms with van der Waals surface area (Å²) in [4.78, 5) is 15.0. The minimum atomic E-state index is -0.751. The molecule has 0 spiro atoms. The molecule has 0 unspecified atom stereocenters. The van der Waals surface area contributed by atoms with E-state index in [2.05, 4.69) is 0 Å². The van der Waals surface area contributed by atoms with Crippen LogP contribution < -0.4 is 0 Å². The van der Waals surface area contributed by atoms with E-state index in [4.69, 9.17) is 11.6 Å². The first-order valence-corrected chi connectivity index (χ1v) is 7.83. The molecule has 1 aliphatic rings. The van der Waals surface area contributed by atoms with Gasteiger partial charge >= 0.3 is 0 Å². The lowest BCUT2D eigenvalue weighted by Crippen LogP contribution is -2.65. The molecule has 1 N–H and O–H groups in total. The molecular weight excluding hydrogens is 282 g/mol. The average Bonchev–Trinajstić information content (AvgIpc) is 2.34. The standard InChI is InChI=1S/C14H18ClNO2S/c1-9(2)14(18)7-16(8-14)13(17)11-6-10(19-3)4-5-12(11)15/h4-6,9,18H,7-8H2,1-3H3. The molecule has 1 fully saturated rings. The summed E-state index contributed by atoms with van der Waals surface area (Å²) in [5.74, 6) is 0.0378. The number of hydrogen-bond donors (Lipinski definition) is 1. The molecule has 0 saturated carbocycles. The number of aliphatic hydroxyl groups is 1. The number of benzene rings is 1. The van der Waals surface area contributed by atoms with Gasteiger partial charge in [-0.2, -0.15) is 0 Å². The summed E-state index contributed by atoms with van der Waals surface area (Å²) in [5.41, 5.74) is -0.237. The van der Waals surface area contributed by atoms with E-state index in [0.717, 1.165) is 4.90 Å². The molecule has 2 rings (SSSR count). The zero-order valence-electron chi connectivity index (χ0n) is 11.3. The molecule has 0 atom stereocenters. The summed E-state index contributed by atoms with van der Waals surface area (Å²) in [7, 11) is 0. The Kier molecular flexibility index (Phi) is 4.14. The highest BCUT2D eigenvalue weighted by atomic mass is 35.5. The van der Waals surface area contributed by atoms with Crippen molar-refractivity contribution in [2.45, 2.75) is 24.3 Å². The van der Waals surface area contributed by atoms with Crippen LogP contribution in [0.2, 0.25) is 5.02 Å². The summed E-state index contributed by atoms with van der Waals surface area (Å²) < 4.78 is 0. The second kappa shape index (κ2) is 5.35. The maximum atomic E-state index is 12.3. The second-order valence-electron chi connectivity index (χ2n) is 5.27. The van der Waals surface area contributed by atoms with Crippen LogP contribution in [0.4, 0.5) is 0 Å². The zero-order chi connectivity index (χ0) is 14.2. The Labute approximate surface area is 122 Å². The number of halogens is 1. The number of carbonyl (C=O) groups is 1. The van der Waals surface area contributed by atoms with Crippen molar-refractivity contribution in [1.29, 1.82) is 0 Å². The monoisotopic (exact) mass is 299 g/mol. The van der Waals surface area contributed by atoms with Gasteiger partial charge in [-0.05, 0) is 30.4 Å². The Bertz CT molecular complexity index is 498. The highest BCUT2D eigenvalue weighted by molar-refractivity contribution is 7.98. The van der Waals surface area contributed by atoms with Gasteiger partial charge in [0.2, 0.25) is 0 Å². The van der Waals surface area contributed by atoms with E-state index in [1.165, 1.54) is 0 Å². The van der Waals surface area contributed by atoms with Gasteiger partial charge in [0.25, 0.3) is 5.91 Å². The molecule has 0 radical (unpaired) electrons. The largest absolute Gasteiger partial charge is 0.386 e. The van der Waals surface area contributed by atoms with Crippen LogP contribution in [-0.4, -0.2) is 40.9 Å². The first kappa shape index (κ1) is 14.7. The van der Waals surface area contributed by atoms with Crippen LogP contribution in [0.3, 0.4) is 0 Å². The van der Waals surface area contributed by atoms with Gasteiger partial charge in [0.1, 0.15) is 5.60 Å². The van der Waals surface area contributed by atoms with Crippen LogP contribution in [0.1, 0.15) is 24.2 Å². The fourth-order valence-electron chi connectivity index (χ4n) is 2.09. The first-order chi connectivity index (χ1) is 8.87. The van der Waals surface area contributed by atoms with Crippen molar-refractivity contribution in [3.05, 3.63) is 28.8 Å². The highest BCUT2D eigenvalue weighted by Gasteiger charge is 2.46. The molecule has 1 heterocycles. The lowest BCUT2D eigenvalue weighted by molar-refractivity contribution is -0.110. The van der Waals surface area contributed by atoms with Crippen LogP contribution in [0, 0.1) is 5.92 Å².